The fourth-order valence-corrected chi connectivity index (χ4v) is 4.43. The summed E-state index contributed by atoms with van der Waals surface area (Å²) in [6, 6.07) is 0.747. The second-order valence-corrected chi connectivity index (χ2v) is 6.98. The minimum Gasteiger partial charge on any atom is -0.548 e. The van der Waals surface area contributed by atoms with Gasteiger partial charge in [0.25, 0.3) is 0 Å². The Bertz CT molecular complexity index is 508. The second-order valence-electron chi connectivity index (χ2n) is 4.77. The van der Waals surface area contributed by atoms with Crippen LogP contribution in [0.15, 0.2) is 11.4 Å². The standard InChI is InChI=1S/C13H17NO4S2.K/c1-7(6-15)10(13(17)18)14-12(16)11-8-2-4-19-9(8)3-5-20-11;/h2,4,7,10-11,15H,3,5-6H2,1H3,(H,14,16)(H,17,18);/q;+1/p-1. The fraction of sp³-hybridized carbons (Fsp3) is 0.538. The smallest absolute Gasteiger partial charge is 0.548 e. The van der Waals surface area contributed by atoms with Crippen LogP contribution in [0, 0.1) is 5.92 Å². The van der Waals surface area contributed by atoms with E-state index in [1.165, 1.54) is 16.6 Å². The number of hydrogen-bond donors (Lipinski definition) is 2. The first-order chi connectivity index (χ1) is 9.54. The zero-order valence-electron chi connectivity index (χ0n) is 12.0. The van der Waals surface area contributed by atoms with Gasteiger partial charge < -0.3 is 20.3 Å². The van der Waals surface area contributed by atoms with E-state index in [4.69, 9.17) is 5.11 Å². The van der Waals surface area contributed by atoms with E-state index in [9.17, 15) is 14.7 Å². The van der Waals surface area contributed by atoms with Crippen molar-refractivity contribution >= 4 is 35.0 Å². The van der Waals surface area contributed by atoms with E-state index in [0.29, 0.717) is 0 Å². The van der Waals surface area contributed by atoms with Crippen LogP contribution in [0.4, 0.5) is 0 Å². The molecule has 0 saturated heterocycles. The summed E-state index contributed by atoms with van der Waals surface area (Å²) in [5.41, 5.74) is 0.970. The van der Waals surface area contributed by atoms with Crippen molar-refractivity contribution in [2.75, 3.05) is 12.4 Å². The number of thioether (sulfide) groups is 1. The number of carboxylic acid groups (broad SMARTS) is 1. The zero-order valence-corrected chi connectivity index (χ0v) is 16.8. The Hall–Kier alpha value is 0.586. The van der Waals surface area contributed by atoms with E-state index in [2.05, 4.69) is 5.32 Å². The van der Waals surface area contributed by atoms with Gasteiger partial charge in [-0.1, -0.05) is 6.92 Å². The number of rotatable bonds is 5. The van der Waals surface area contributed by atoms with Crippen LogP contribution in [0.3, 0.4) is 0 Å². The molecule has 0 fully saturated rings. The number of carbonyl (C=O) groups excluding carboxylic acids is 2. The van der Waals surface area contributed by atoms with Crippen LogP contribution < -0.4 is 61.8 Å². The minimum atomic E-state index is -1.37. The Morgan fingerprint density at radius 3 is 2.90 bits per heavy atom. The molecule has 1 aliphatic heterocycles. The predicted molar refractivity (Wildman–Crippen MR) is 76.4 cm³/mol. The third-order valence-corrected chi connectivity index (χ3v) is 5.56. The van der Waals surface area contributed by atoms with Gasteiger partial charge in [0.05, 0.1) is 12.0 Å². The Morgan fingerprint density at radius 2 is 2.29 bits per heavy atom. The van der Waals surface area contributed by atoms with E-state index in [1.807, 2.05) is 11.4 Å². The number of aliphatic hydroxyl groups excluding tert-OH is 1. The number of carbonyl (C=O) groups is 2. The SMILES string of the molecule is CC(CO)C(NC(=O)C1SCCc2sccc21)C(=O)[O-].[K+]. The first-order valence-electron chi connectivity index (χ1n) is 6.34. The maximum Gasteiger partial charge on any atom is 1.00 e. The minimum absolute atomic E-state index is 0. The third-order valence-electron chi connectivity index (χ3n) is 3.32. The summed E-state index contributed by atoms with van der Waals surface area (Å²) in [4.78, 5) is 24.6. The Kier molecular flexibility index (Phi) is 8.43. The molecule has 21 heavy (non-hydrogen) atoms. The maximum absolute atomic E-state index is 12.3. The second kappa shape index (κ2) is 9.02. The molecule has 0 spiro atoms. The van der Waals surface area contributed by atoms with Gasteiger partial charge in [-0.25, -0.2) is 0 Å². The fourth-order valence-electron chi connectivity index (χ4n) is 2.13. The molecule has 0 aromatic carbocycles. The van der Waals surface area contributed by atoms with Crippen LogP contribution in [0.2, 0.25) is 0 Å². The molecule has 3 unspecified atom stereocenters. The molecule has 110 valence electrons. The molecule has 8 heteroatoms. The van der Waals surface area contributed by atoms with Gasteiger partial charge in [-0.15, -0.1) is 23.1 Å². The normalized spacial score (nSPS) is 19.8. The van der Waals surface area contributed by atoms with Crippen molar-refractivity contribution in [2.24, 2.45) is 5.92 Å². The van der Waals surface area contributed by atoms with Crippen LogP contribution in [-0.2, 0) is 16.0 Å². The van der Waals surface area contributed by atoms with Gasteiger partial charge in [-0.3, -0.25) is 4.79 Å². The van der Waals surface area contributed by atoms with Crippen molar-refractivity contribution in [2.45, 2.75) is 24.6 Å². The van der Waals surface area contributed by atoms with Crippen LogP contribution in [0.25, 0.3) is 0 Å². The molecule has 2 N–H and O–H groups in total. The Balaban J connectivity index is 0.00000220. The molecule has 2 rings (SSSR count). The number of amides is 1. The topological polar surface area (TPSA) is 89.5 Å². The van der Waals surface area contributed by atoms with Gasteiger partial charge in [-0.05, 0) is 29.2 Å². The molecule has 1 amide bonds. The number of carboxylic acids is 1. The van der Waals surface area contributed by atoms with Crippen LogP contribution in [-0.4, -0.2) is 35.4 Å². The first-order valence-corrected chi connectivity index (χ1v) is 8.27. The van der Waals surface area contributed by atoms with E-state index in [1.54, 1.807) is 18.3 Å². The molecule has 0 aliphatic carbocycles. The van der Waals surface area contributed by atoms with E-state index < -0.39 is 17.9 Å². The van der Waals surface area contributed by atoms with E-state index in [0.717, 1.165) is 17.7 Å². The van der Waals surface area contributed by atoms with Gasteiger partial charge in [-0.2, -0.15) is 0 Å². The summed E-state index contributed by atoms with van der Waals surface area (Å²) in [6.45, 7) is 1.24. The number of aryl methyl sites for hydroxylation is 1. The van der Waals surface area contributed by atoms with Crippen molar-refractivity contribution in [1.82, 2.24) is 5.32 Å². The monoisotopic (exact) mass is 353 g/mol. The summed E-state index contributed by atoms with van der Waals surface area (Å²) in [7, 11) is 0. The van der Waals surface area contributed by atoms with Gasteiger partial charge in [0.1, 0.15) is 5.25 Å². The molecule has 3 atom stereocenters. The van der Waals surface area contributed by atoms with E-state index in [-0.39, 0.29) is 69.1 Å². The summed E-state index contributed by atoms with van der Waals surface area (Å²) in [5.74, 6) is -1.44. The Labute approximate surface area is 174 Å². The van der Waals surface area contributed by atoms with Gasteiger partial charge in [0, 0.05) is 17.4 Å². The maximum atomic E-state index is 12.3. The molecule has 1 aromatic rings. The number of thiophene rings is 1. The molecule has 5 nitrogen and oxygen atoms in total. The summed E-state index contributed by atoms with van der Waals surface area (Å²) < 4.78 is 0. The summed E-state index contributed by atoms with van der Waals surface area (Å²) in [5, 5.41) is 24.2. The average molecular weight is 354 g/mol. The number of aliphatic carboxylic acids is 1. The molecule has 1 aliphatic rings. The largest absolute Gasteiger partial charge is 1.00 e. The van der Waals surface area contributed by atoms with Crippen LogP contribution in [0.5, 0.6) is 0 Å². The molecule has 0 saturated carbocycles. The molecule has 0 radical (unpaired) electrons. The molecular weight excluding hydrogens is 337 g/mol. The van der Waals surface area contributed by atoms with Gasteiger partial charge in [0.2, 0.25) is 5.91 Å². The van der Waals surface area contributed by atoms with Crippen molar-refractivity contribution in [3.05, 3.63) is 21.9 Å². The van der Waals surface area contributed by atoms with Crippen molar-refractivity contribution < 1.29 is 71.2 Å². The van der Waals surface area contributed by atoms with Crippen LogP contribution >= 0.6 is 23.1 Å². The zero-order chi connectivity index (χ0) is 14.7. The summed E-state index contributed by atoms with van der Waals surface area (Å²) in [6.07, 6.45) is 0.943. The molecular formula is C13H16KNO4S2. The van der Waals surface area contributed by atoms with Gasteiger partial charge >= 0.3 is 51.4 Å². The molecule has 1 aromatic heterocycles. The molecule has 0 bridgehead atoms. The molecule has 2 heterocycles. The first kappa shape index (κ1) is 19.6. The number of fused-ring (bicyclic) bond motifs is 1. The Morgan fingerprint density at radius 1 is 1.57 bits per heavy atom. The summed E-state index contributed by atoms with van der Waals surface area (Å²) >= 11 is 3.13. The number of nitrogens with one attached hydrogen (secondary N) is 1. The van der Waals surface area contributed by atoms with Crippen molar-refractivity contribution in [3.63, 3.8) is 0 Å². The van der Waals surface area contributed by atoms with Crippen molar-refractivity contribution in [1.29, 1.82) is 0 Å². The third kappa shape index (κ3) is 4.78. The predicted octanol–water partition coefficient (Wildman–Crippen LogP) is -3.05. The van der Waals surface area contributed by atoms with Crippen LogP contribution in [0.1, 0.15) is 22.6 Å². The number of hydrogen-bond acceptors (Lipinski definition) is 6. The quantitative estimate of drug-likeness (QED) is 0.549. The average Bonchev–Trinajstić information content (AvgIpc) is 2.91. The van der Waals surface area contributed by atoms with E-state index >= 15 is 0 Å². The number of aliphatic hydroxyl groups is 1. The van der Waals surface area contributed by atoms with Gasteiger partial charge in [0.15, 0.2) is 0 Å². The van der Waals surface area contributed by atoms with Crippen molar-refractivity contribution in [3.8, 4) is 0 Å².